The molecular formula is C22H28O5. The monoisotopic (exact) mass is 372 g/mol. The lowest BCUT2D eigenvalue weighted by molar-refractivity contribution is -0.159. The molecule has 146 valence electrons. The molecule has 1 aromatic carbocycles. The van der Waals surface area contributed by atoms with Crippen LogP contribution in [0.3, 0.4) is 0 Å². The number of benzene rings is 1. The van der Waals surface area contributed by atoms with E-state index in [2.05, 4.69) is 13.0 Å². The predicted molar refractivity (Wildman–Crippen MR) is 99.5 cm³/mol. The fourth-order valence-electron chi connectivity index (χ4n) is 6.14. The molecule has 2 fully saturated rings. The van der Waals surface area contributed by atoms with Crippen LogP contribution in [-0.4, -0.2) is 28.3 Å². The van der Waals surface area contributed by atoms with Crippen molar-refractivity contribution in [3.05, 3.63) is 29.3 Å². The Kier molecular flexibility index (Phi) is 4.65. The van der Waals surface area contributed by atoms with E-state index in [1.807, 2.05) is 6.07 Å². The summed E-state index contributed by atoms with van der Waals surface area (Å²) in [5.41, 5.74) is 2.68. The fourth-order valence-corrected chi connectivity index (χ4v) is 6.14. The number of carbonyl (C=O) groups excluding carboxylic acids is 1. The third-order valence-electron chi connectivity index (χ3n) is 7.44. The Morgan fingerprint density at radius 3 is 2.78 bits per heavy atom. The van der Waals surface area contributed by atoms with Crippen LogP contribution in [0.25, 0.3) is 0 Å². The van der Waals surface area contributed by atoms with Gasteiger partial charge in [0.1, 0.15) is 11.9 Å². The first kappa shape index (κ1) is 18.3. The fraction of sp³-hybridized carbons (Fsp3) is 0.636. The number of carboxylic acids is 1. The van der Waals surface area contributed by atoms with E-state index in [1.54, 1.807) is 6.07 Å². The molecule has 0 aliphatic heterocycles. The van der Waals surface area contributed by atoms with Crippen LogP contribution in [0.2, 0.25) is 0 Å². The molecule has 5 heteroatoms. The van der Waals surface area contributed by atoms with Gasteiger partial charge in [0, 0.05) is 5.41 Å². The number of phenols is 1. The molecule has 3 aliphatic carbocycles. The highest BCUT2D eigenvalue weighted by Gasteiger charge is 2.56. The molecule has 0 saturated heterocycles. The number of ether oxygens (including phenoxy) is 1. The Bertz CT molecular complexity index is 757. The standard InChI is InChI=1S/C22H28O5/c1-22-11-10-16-15-5-3-14(23)12-13(15)2-4-17(16)18(22)6-7-19(22)27-21(26)9-8-20(24)25/h3,5,12,16-19,23H,2,4,6-11H2,1H3,(H,24,25)/t16-,17-,18+,19+,22+/m0/s1. The van der Waals surface area contributed by atoms with Crippen molar-refractivity contribution in [1.29, 1.82) is 0 Å². The minimum atomic E-state index is -0.963. The molecule has 2 saturated carbocycles. The highest BCUT2D eigenvalue weighted by atomic mass is 16.5. The van der Waals surface area contributed by atoms with Gasteiger partial charge in [0.15, 0.2) is 0 Å². The summed E-state index contributed by atoms with van der Waals surface area (Å²) in [5.74, 6) is 0.681. The topological polar surface area (TPSA) is 83.8 Å². The zero-order valence-corrected chi connectivity index (χ0v) is 15.8. The van der Waals surface area contributed by atoms with Crippen LogP contribution in [0.5, 0.6) is 5.75 Å². The number of fused-ring (bicyclic) bond motifs is 5. The van der Waals surface area contributed by atoms with Crippen LogP contribution in [0.15, 0.2) is 18.2 Å². The smallest absolute Gasteiger partial charge is 0.306 e. The van der Waals surface area contributed by atoms with Crippen molar-refractivity contribution in [2.24, 2.45) is 17.3 Å². The maximum Gasteiger partial charge on any atom is 0.306 e. The molecule has 5 atom stereocenters. The van der Waals surface area contributed by atoms with Gasteiger partial charge in [-0.15, -0.1) is 0 Å². The third kappa shape index (κ3) is 3.21. The van der Waals surface area contributed by atoms with Crippen molar-refractivity contribution in [1.82, 2.24) is 0 Å². The number of carboxylic acid groups (broad SMARTS) is 1. The Labute approximate surface area is 159 Å². The summed E-state index contributed by atoms with van der Waals surface area (Å²) in [6.07, 6.45) is 5.88. The number of rotatable bonds is 4. The van der Waals surface area contributed by atoms with Crippen LogP contribution in [0.4, 0.5) is 0 Å². The highest BCUT2D eigenvalue weighted by Crippen LogP contribution is 2.61. The first-order chi connectivity index (χ1) is 12.9. The molecule has 4 rings (SSSR count). The number of aryl methyl sites for hydroxylation is 1. The summed E-state index contributed by atoms with van der Waals surface area (Å²) < 4.78 is 5.76. The van der Waals surface area contributed by atoms with Gasteiger partial charge in [-0.1, -0.05) is 13.0 Å². The van der Waals surface area contributed by atoms with Gasteiger partial charge < -0.3 is 14.9 Å². The molecule has 5 nitrogen and oxygen atoms in total. The van der Waals surface area contributed by atoms with Crippen molar-refractivity contribution < 1.29 is 24.5 Å². The molecule has 0 radical (unpaired) electrons. The molecule has 0 amide bonds. The number of hydrogen-bond acceptors (Lipinski definition) is 4. The zero-order valence-electron chi connectivity index (χ0n) is 15.8. The normalized spacial score (nSPS) is 34.3. The van der Waals surface area contributed by atoms with E-state index in [9.17, 15) is 14.7 Å². The molecule has 0 bridgehead atoms. The van der Waals surface area contributed by atoms with Crippen LogP contribution in [0, 0.1) is 17.3 Å². The van der Waals surface area contributed by atoms with Gasteiger partial charge in [-0.2, -0.15) is 0 Å². The average molecular weight is 372 g/mol. The maximum absolute atomic E-state index is 12.1. The molecule has 0 heterocycles. The molecular weight excluding hydrogens is 344 g/mol. The minimum absolute atomic E-state index is 0.00548. The SMILES string of the molecule is C[C@@]12CC[C@H]3c4ccc(O)cc4CC[C@@H]3[C@H]1CC[C@H]2OC(=O)CCC(=O)O. The molecule has 1 aromatic rings. The van der Waals surface area contributed by atoms with Gasteiger partial charge in [0.2, 0.25) is 0 Å². The van der Waals surface area contributed by atoms with E-state index < -0.39 is 5.97 Å². The van der Waals surface area contributed by atoms with Crippen LogP contribution in [0.1, 0.15) is 68.9 Å². The van der Waals surface area contributed by atoms with E-state index in [1.165, 1.54) is 11.1 Å². The van der Waals surface area contributed by atoms with E-state index in [0.29, 0.717) is 23.5 Å². The Morgan fingerprint density at radius 1 is 1.19 bits per heavy atom. The summed E-state index contributed by atoms with van der Waals surface area (Å²) in [6.45, 7) is 2.27. The summed E-state index contributed by atoms with van der Waals surface area (Å²) in [6, 6.07) is 5.82. The summed E-state index contributed by atoms with van der Waals surface area (Å²) >= 11 is 0. The second-order valence-electron chi connectivity index (χ2n) is 8.79. The number of aromatic hydroxyl groups is 1. The number of carbonyl (C=O) groups is 2. The molecule has 3 aliphatic rings. The van der Waals surface area contributed by atoms with E-state index in [-0.39, 0.29) is 30.3 Å². The quantitative estimate of drug-likeness (QED) is 0.780. The maximum atomic E-state index is 12.1. The molecule has 0 unspecified atom stereocenters. The average Bonchev–Trinajstić information content (AvgIpc) is 2.96. The first-order valence-electron chi connectivity index (χ1n) is 10.1. The minimum Gasteiger partial charge on any atom is -0.508 e. The Hall–Kier alpha value is -2.04. The van der Waals surface area contributed by atoms with Gasteiger partial charge in [0.25, 0.3) is 0 Å². The van der Waals surface area contributed by atoms with Gasteiger partial charge >= 0.3 is 11.9 Å². The van der Waals surface area contributed by atoms with Crippen molar-refractivity contribution in [2.75, 3.05) is 0 Å². The second-order valence-corrected chi connectivity index (χ2v) is 8.79. The van der Waals surface area contributed by atoms with Gasteiger partial charge in [-0.05, 0) is 79.5 Å². The largest absolute Gasteiger partial charge is 0.508 e. The number of esters is 1. The van der Waals surface area contributed by atoms with Crippen molar-refractivity contribution in [3.8, 4) is 5.75 Å². The van der Waals surface area contributed by atoms with Crippen molar-refractivity contribution in [2.45, 2.75) is 70.3 Å². The van der Waals surface area contributed by atoms with Crippen molar-refractivity contribution >= 4 is 11.9 Å². The highest BCUT2D eigenvalue weighted by molar-refractivity contribution is 5.76. The summed E-state index contributed by atoms with van der Waals surface area (Å²) in [5, 5.41) is 18.6. The molecule has 27 heavy (non-hydrogen) atoms. The van der Waals surface area contributed by atoms with Gasteiger partial charge in [0.05, 0.1) is 12.8 Å². The summed E-state index contributed by atoms with van der Waals surface area (Å²) in [4.78, 5) is 22.8. The first-order valence-corrected chi connectivity index (χ1v) is 10.1. The number of phenolic OH excluding ortho intramolecular Hbond substituents is 1. The van der Waals surface area contributed by atoms with Crippen LogP contribution in [-0.2, 0) is 20.7 Å². The molecule has 0 spiro atoms. The molecule has 0 aromatic heterocycles. The van der Waals surface area contributed by atoms with E-state index >= 15 is 0 Å². The van der Waals surface area contributed by atoms with E-state index in [4.69, 9.17) is 9.84 Å². The van der Waals surface area contributed by atoms with Gasteiger partial charge in [-0.25, -0.2) is 0 Å². The Morgan fingerprint density at radius 2 is 2.00 bits per heavy atom. The zero-order chi connectivity index (χ0) is 19.2. The number of aliphatic carboxylic acids is 1. The third-order valence-corrected chi connectivity index (χ3v) is 7.44. The second kappa shape index (κ2) is 6.84. The molecule has 2 N–H and O–H groups in total. The van der Waals surface area contributed by atoms with Crippen molar-refractivity contribution in [3.63, 3.8) is 0 Å². The van der Waals surface area contributed by atoms with E-state index in [0.717, 1.165) is 38.5 Å². The lowest BCUT2D eigenvalue weighted by atomic mass is 9.55. The lowest BCUT2D eigenvalue weighted by Gasteiger charge is -2.50. The van der Waals surface area contributed by atoms with Crippen LogP contribution >= 0.6 is 0 Å². The lowest BCUT2D eigenvalue weighted by Crippen LogP contribution is -2.45. The van der Waals surface area contributed by atoms with Crippen LogP contribution < -0.4 is 0 Å². The Balaban J connectivity index is 1.49. The predicted octanol–water partition coefficient (Wildman–Crippen LogP) is 4.02. The number of hydrogen-bond donors (Lipinski definition) is 2. The van der Waals surface area contributed by atoms with Gasteiger partial charge in [-0.3, -0.25) is 9.59 Å². The summed E-state index contributed by atoms with van der Waals surface area (Å²) in [7, 11) is 0.